The van der Waals surface area contributed by atoms with Gasteiger partial charge in [-0.2, -0.15) is 5.10 Å². The highest BCUT2D eigenvalue weighted by atomic mass is 16.5. The average Bonchev–Trinajstić information content (AvgIpc) is 3.25. The standard InChI is InChI=1S/C23H28N4O4/c1-11(2)18-8-16(17-9-24-27(12(3)4)22(17)26-18)23(30)31-10-19(29)21-13(5)20(15(7)28)14(6)25-21/h8-9,11-12,25H,10H2,1-7H3. The van der Waals surface area contributed by atoms with Crippen molar-refractivity contribution in [3.63, 3.8) is 0 Å². The minimum absolute atomic E-state index is 0.0763. The second kappa shape index (κ2) is 8.45. The van der Waals surface area contributed by atoms with E-state index in [9.17, 15) is 14.4 Å². The minimum atomic E-state index is -0.612. The smallest absolute Gasteiger partial charge is 0.339 e. The summed E-state index contributed by atoms with van der Waals surface area (Å²) in [6, 6.07) is 1.77. The number of aryl methyl sites for hydroxylation is 1. The summed E-state index contributed by atoms with van der Waals surface area (Å²) in [6.45, 7) is 12.4. The molecule has 0 aliphatic rings. The van der Waals surface area contributed by atoms with Gasteiger partial charge in [0.1, 0.15) is 0 Å². The van der Waals surface area contributed by atoms with Gasteiger partial charge in [-0.1, -0.05) is 13.8 Å². The number of H-pyrrole nitrogens is 1. The van der Waals surface area contributed by atoms with Gasteiger partial charge in [0, 0.05) is 23.0 Å². The van der Waals surface area contributed by atoms with Crippen LogP contribution in [0.4, 0.5) is 0 Å². The number of ketones is 2. The van der Waals surface area contributed by atoms with E-state index in [4.69, 9.17) is 4.74 Å². The second-order valence-electron chi connectivity index (χ2n) is 8.35. The van der Waals surface area contributed by atoms with Gasteiger partial charge in [0.15, 0.2) is 18.0 Å². The number of hydrogen-bond acceptors (Lipinski definition) is 6. The van der Waals surface area contributed by atoms with Crippen LogP contribution in [0.3, 0.4) is 0 Å². The van der Waals surface area contributed by atoms with Crippen molar-refractivity contribution in [2.45, 2.75) is 60.4 Å². The number of aromatic nitrogens is 4. The molecule has 3 aromatic heterocycles. The van der Waals surface area contributed by atoms with Crippen LogP contribution in [0.15, 0.2) is 12.3 Å². The van der Waals surface area contributed by atoms with Crippen molar-refractivity contribution >= 4 is 28.6 Å². The van der Waals surface area contributed by atoms with Crippen molar-refractivity contribution in [3.05, 3.63) is 46.0 Å². The molecule has 8 heteroatoms. The Labute approximate surface area is 181 Å². The number of nitrogens with one attached hydrogen (secondary N) is 1. The molecule has 0 atom stereocenters. The summed E-state index contributed by atoms with van der Waals surface area (Å²) in [7, 11) is 0. The Bertz CT molecular complexity index is 1180. The highest BCUT2D eigenvalue weighted by molar-refractivity contribution is 6.06. The van der Waals surface area contributed by atoms with Crippen LogP contribution in [0.5, 0.6) is 0 Å². The first-order valence-electron chi connectivity index (χ1n) is 10.3. The SMILES string of the molecule is CC(=O)c1c(C)[nH]c(C(=O)COC(=O)c2cc(C(C)C)nc3c2cnn3C(C)C)c1C. The number of hydrogen-bond donors (Lipinski definition) is 1. The molecule has 0 saturated carbocycles. The molecule has 0 bridgehead atoms. The van der Waals surface area contributed by atoms with Crippen LogP contribution in [-0.4, -0.2) is 43.9 Å². The predicted octanol–water partition coefficient (Wildman–Crippen LogP) is 4.32. The summed E-state index contributed by atoms with van der Waals surface area (Å²) in [5.74, 6) is -1.03. The van der Waals surface area contributed by atoms with E-state index in [0.717, 1.165) is 5.69 Å². The Morgan fingerprint density at radius 1 is 1.16 bits per heavy atom. The fourth-order valence-electron chi connectivity index (χ4n) is 3.72. The van der Waals surface area contributed by atoms with Crippen LogP contribution in [0.25, 0.3) is 11.0 Å². The molecule has 1 N–H and O–H groups in total. The van der Waals surface area contributed by atoms with Gasteiger partial charge in [-0.3, -0.25) is 9.59 Å². The topological polar surface area (TPSA) is 107 Å². The highest BCUT2D eigenvalue weighted by Crippen LogP contribution is 2.25. The summed E-state index contributed by atoms with van der Waals surface area (Å²) < 4.78 is 7.12. The molecule has 0 aromatic carbocycles. The van der Waals surface area contributed by atoms with E-state index in [1.54, 1.807) is 30.8 Å². The van der Waals surface area contributed by atoms with Crippen LogP contribution in [0.1, 0.15) is 94.7 Å². The molecule has 0 spiro atoms. The van der Waals surface area contributed by atoms with E-state index in [-0.39, 0.29) is 23.4 Å². The Morgan fingerprint density at radius 3 is 2.39 bits per heavy atom. The summed E-state index contributed by atoms with van der Waals surface area (Å²) in [4.78, 5) is 45.0. The highest BCUT2D eigenvalue weighted by Gasteiger charge is 2.23. The molecule has 0 saturated heterocycles. The first kappa shape index (κ1) is 22.4. The first-order chi connectivity index (χ1) is 14.5. The van der Waals surface area contributed by atoms with E-state index in [1.807, 2.05) is 27.7 Å². The fourth-order valence-corrected chi connectivity index (χ4v) is 3.72. The number of carbonyl (C=O) groups is 3. The largest absolute Gasteiger partial charge is 0.454 e. The molecule has 3 aromatic rings. The Kier molecular flexibility index (Phi) is 6.10. The Morgan fingerprint density at radius 2 is 1.84 bits per heavy atom. The van der Waals surface area contributed by atoms with Gasteiger partial charge in [0.2, 0.25) is 5.78 Å². The molecule has 3 heterocycles. The van der Waals surface area contributed by atoms with Crippen molar-refractivity contribution < 1.29 is 19.1 Å². The van der Waals surface area contributed by atoms with Crippen LogP contribution < -0.4 is 0 Å². The van der Waals surface area contributed by atoms with Crippen molar-refractivity contribution in [2.24, 2.45) is 0 Å². The predicted molar refractivity (Wildman–Crippen MR) is 117 cm³/mol. The number of nitrogens with zero attached hydrogens (tertiary/aromatic N) is 3. The van der Waals surface area contributed by atoms with Gasteiger partial charge >= 0.3 is 5.97 Å². The maximum absolute atomic E-state index is 12.9. The number of pyridine rings is 1. The van der Waals surface area contributed by atoms with Crippen molar-refractivity contribution in [1.29, 1.82) is 0 Å². The molecule has 0 fully saturated rings. The average molecular weight is 425 g/mol. The third kappa shape index (κ3) is 4.15. The normalized spacial score (nSPS) is 11.5. The summed E-state index contributed by atoms with van der Waals surface area (Å²) >= 11 is 0. The zero-order valence-electron chi connectivity index (χ0n) is 19.0. The van der Waals surface area contributed by atoms with Gasteiger partial charge < -0.3 is 9.72 Å². The third-order valence-corrected chi connectivity index (χ3v) is 5.29. The monoisotopic (exact) mass is 424 g/mol. The molecule has 0 amide bonds. The molecule has 31 heavy (non-hydrogen) atoms. The molecule has 0 aliphatic heterocycles. The van der Waals surface area contributed by atoms with Crippen LogP contribution in [0, 0.1) is 13.8 Å². The van der Waals surface area contributed by atoms with E-state index in [0.29, 0.717) is 33.4 Å². The lowest BCUT2D eigenvalue weighted by Gasteiger charge is -2.12. The number of esters is 1. The van der Waals surface area contributed by atoms with Gasteiger partial charge in [0.25, 0.3) is 0 Å². The molecule has 8 nitrogen and oxygen atoms in total. The van der Waals surface area contributed by atoms with Gasteiger partial charge in [-0.05, 0) is 52.2 Å². The molecule has 164 valence electrons. The Balaban J connectivity index is 1.89. The first-order valence-corrected chi connectivity index (χ1v) is 10.3. The molecular formula is C23H28N4O4. The van der Waals surface area contributed by atoms with E-state index in [1.165, 1.54) is 6.92 Å². The van der Waals surface area contributed by atoms with Crippen molar-refractivity contribution in [3.8, 4) is 0 Å². The zero-order chi connectivity index (χ0) is 23.0. The van der Waals surface area contributed by atoms with Crippen molar-refractivity contribution in [2.75, 3.05) is 6.61 Å². The number of Topliss-reactive ketones (excluding diaryl/α,β-unsaturated/α-hetero) is 2. The van der Waals surface area contributed by atoms with Gasteiger partial charge in [-0.25, -0.2) is 14.5 Å². The van der Waals surface area contributed by atoms with Crippen LogP contribution >= 0.6 is 0 Å². The molecule has 0 unspecified atom stereocenters. The van der Waals surface area contributed by atoms with E-state index in [2.05, 4.69) is 15.1 Å². The number of ether oxygens (including phenoxy) is 1. The third-order valence-electron chi connectivity index (χ3n) is 5.29. The quantitative estimate of drug-likeness (QED) is 0.447. The lowest BCUT2D eigenvalue weighted by molar-refractivity contribution is 0.0475. The number of rotatable bonds is 7. The summed E-state index contributed by atoms with van der Waals surface area (Å²) in [6.07, 6.45) is 1.60. The van der Waals surface area contributed by atoms with Gasteiger partial charge in [0.05, 0.1) is 22.8 Å². The van der Waals surface area contributed by atoms with Crippen LogP contribution in [0.2, 0.25) is 0 Å². The fraction of sp³-hybridized carbons (Fsp3) is 0.435. The molecule has 0 aliphatic carbocycles. The number of fused-ring (bicyclic) bond motifs is 1. The lowest BCUT2D eigenvalue weighted by atomic mass is 10.1. The van der Waals surface area contributed by atoms with Crippen LogP contribution in [-0.2, 0) is 4.74 Å². The van der Waals surface area contributed by atoms with E-state index < -0.39 is 18.4 Å². The summed E-state index contributed by atoms with van der Waals surface area (Å²) in [5, 5.41) is 4.95. The number of carbonyl (C=O) groups excluding carboxylic acids is 3. The lowest BCUT2D eigenvalue weighted by Crippen LogP contribution is -2.16. The molecular weight excluding hydrogens is 396 g/mol. The second-order valence-corrected chi connectivity index (χ2v) is 8.35. The Hall–Kier alpha value is -3.29. The maximum atomic E-state index is 12.9. The zero-order valence-corrected chi connectivity index (χ0v) is 19.0. The van der Waals surface area contributed by atoms with E-state index >= 15 is 0 Å². The molecule has 0 radical (unpaired) electrons. The number of aromatic amines is 1. The summed E-state index contributed by atoms with van der Waals surface area (Å²) in [5.41, 5.74) is 3.66. The minimum Gasteiger partial charge on any atom is -0.454 e. The molecule has 3 rings (SSSR count). The van der Waals surface area contributed by atoms with Crippen molar-refractivity contribution in [1.82, 2.24) is 19.7 Å². The maximum Gasteiger partial charge on any atom is 0.339 e. The van der Waals surface area contributed by atoms with Gasteiger partial charge in [-0.15, -0.1) is 0 Å².